The molecule has 3 heteroatoms. The van der Waals surface area contributed by atoms with Crippen LogP contribution in [0.1, 0.15) is 50.7 Å². The van der Waals surface area contributed by atoms with Crippen LogP contribution in [-0.4, -0.2) is 21.9 Å². The molecule has 0 aromatic heterocycles. The van der Waals surface area contributed by atoms with Crippen LogP contribution in [0.5, 0.6) is 11.5 Å². The lowest BCUT2D eigenvalue weighted by molar-refractivity contribution is -0.0361. The van der Waals surface area contributed by atoms with E-state index in [2.05, 4.69) is 6.92 Å². The average molecular weight is 250 g/mol. The van der Waals surface area contributed by atoms with Crippen molar-refractivity contribution >= 4 is 0 Å². The van der Waals surface area contributed by atoms with Gasteiger partial charge in [0.2, 0.25) is 0 Å². The van der Waals surface area contributed by atoms with E-state index in [0.29, 0.717) is 11.7 Å². The van der Waals surface area contributed by atoms with Gasteiger partial charge in [-0.1, -0.05) is 6.92 Å². The second-order valence-electron chi connectivity index (χ2n) is 5.92. The molecule has 2 atom stereocenters. The fourth-order valence-electron chi connectivity index (χ4n) is 2.44. The molecule has 0 bridgehead atoms. The number of phenolic OH excluding ortho intramolecular Hbond substituents is 1. The number of hydrogen-bond donors (Lipinski definition) is 2. The van der Waals surface area contributed by atoms with E-state index in [4.69, 9.17) is 4.74 Å². The van der Waals surface area contributed by atoms with Gasteiger partial charge in [-0.25, -0.2) is 0 Å². The Kier molecular flexibility index (Phi) is 3.28. The maximum absolute atomic E-state index is 10.1. The summed E-state index contributed by atoms with van der Waals surface area (Å²) in [6.07, 6.45) is 1.56. The second-order valence-corrected chi connectivity index (χ2v) is 5.92. The molecule has 1 aliphatic rings. The number of hydrogen-bond acceptors (Lipinski definition) is 3. The molecular weight excluding hydrogens is 228 g/mol. The van der Waals surface area contributed by atoms with Crippen molar-refractivity contribution in [2.75, 3.05) is 0 Å². The van der Waals surface area contributed by atoms with E-state index in [9.17, 15) is 10.2 Å². The van der Waals surface area contributed by atoms with Crippen LogP contribution in [0.25, 0.3) is 0 Å². The molecule has 0 fully saturated rings. The molecule has 0 aliphatic carbocycles. The molecule has 3 nitrogen and oxygen atoms in total. The first-order valence-corrected chi connectivity index (χ1v) is 6.51. The van der Waals surface area contributed by atoms with Crippen molar-refractivity contribution in [3.63, 3.8) is 0 Å². The lowest BCUT2D eigenvalue weighted by Crippen LogP contribution is -2.40. The molecule has 2 rings (SSSR count). The molecule has 0 spiro atoms. The topological polar surface area (TPSA) is 49.7 Å². The van der Waals surface area contributed by atoms with Crippen LogP contribution in [0.15, 0.2) is 12.1 Å². The number of phenols is 1. The monoisotopic (exact) mass is 250 g/mol. The van der Waals surface area contributed by atoms with Gasteiger partial charge in [0.15, 0.2) is 0 Å². The van der Waals surface area contributed by atoms with E-state index < -0.39 is 5.60 Å². The van der Waals surface area contributed by atoms with Crippen LogP contribution >= 0.6 is 0 Å². The van der Waals surface area contributed by atoms with E-state index in [0.717, 1.165) is 29.7 Å². The van der Waals surface area contributed by atoms with Crippen molar-refractivity contribution in [2.45, 2.75) is 58.2 Å². The zero-order valence-corrected chi connectivity index (χ0v) is 11.5. The fourth-order valence-corrected chi connectivity index (χ4v) is 2.44. The van der Waals surface area contributed by atoms with Gasteiger partial charge in [-0.05, 0) is 57.2 Å². The Hall–Kier alpha value is -1.22. The summed E-state index contributed by atoms with van der Waals surface area (Å²) in [7, 11) is 0. The normalized spacial score (nSPS) is 24.1. The van der Waals surface area contributed by atoms with Crippen molar-refractivity contribution in [3.05, 3.63) is 23.3 Å². The van der Waals surface area contributed by atoms with Gasteiger partial charge in [0.25, 0.3) is 0 Å². The highest BCUT2D eigenvalue weighted by Gasteiger charge is 2.32. The molecule has 2 N–H and O–H groups in total. The maximum atomic E-state index is 10.1. The van der Waals surface area contributed by atoms with Crippen LogP contribution in [0.3, 0.4) is 0 Å². The van der Waals surface area contributed by atoms with Gasteiger partial charge in [0.05, 0.1) is 5.60 Å². The first-order valence-electron chi connectivity index (χ1n) is 6.51. The number of ether oxygens (including phenoxy) is 1. The van der Waals surface area contributed by atoms with Crippen molar-refractivity contribution in [2.24, 2.45) is 0 Å². The molecule has 0 saturated heterocycles. The smallest absolute Gasteiger partial charge is 0.127 e. The van der Waals surface area contributed by atoms with Gasteiger partial charge in [-0.2, -0.15) is 0 Å². The number of fused-ring (bicyclic) bond motifs is 1. The minimum atomic E-state index is -0.854. The van der Waals surface area contributed by atoms with Crippen LogP contribution in [0.4, 0.5) is 0 Å². The summed E-state index contributed by atoms with van der Waals surface area (Å²) in [5.41, 5.74) is 0.981. The number of aromatic hydroxyl groups is 1. The molecule has 1 heterocycles. The van der Waals surface area contributed by atoms with Crippen LogP contribution in [0.2, 0.25) is 0 Å². The number of benzene rings is 1. The van der Waals surface area contributed by atoms with E-state index in [1.165, 1.54) is 0 Å². The third-order valence-electron chi connectivity index (χ3n) is 3.78. The summed E-state index contributed by atoms with van der Waals surface area (Å²) in [5, 5.41) is 19.9. The Morgan fingerprint density at radius 1 is 1.28 bits per heavy atom. The van der Waals surface area contributed by atoms with Gasteiger partial charge < -0.3 is 14.9 Å². The number of aliphatic hydroxyl groups is 1. The zero-order chi connectivity index (χ0) is 13.5. The van der Waals surface area contributed by atoms with Gasteiger partial charge in [0, 0.05) is 5.56 Å². The molecule has 1 aromatic rings. The molecule has 100 valence electrons. The highest BCUT2D eigenvalue weighted by Crippen LogP contribution is 2.40. The lowest BCUT2D eigenvalue weighted by Gasteiger charge is -2.29. The Morgan fingerprint density at radius 2 is 1.94 bits per heavy atom. The number of rotatable bonds is 1. The summed E-state index contributed by atoms with van der Waals surface area (Å²) < 4.78 is 5.97. The quantitative estimate of drug-likeness (QED) is 0.805. The van der Waals surface area contributed by atoms with Crippen LogP contribution in [-0.2, 0) is 0 Å². The Bertz CT molecular complexity index is 446. The average Bonchev–Trinajstić information content (AvgIpc) is 2.40. The maximum Gasteiger partial charge on any atom is 0.127 e. The third-order valence-corrected chi connectivity index (χ3v) is 3.78. The van der Waals surface area contributed by atoms with E-state index in [1.54, 1.807) is 19.9 Å². The molecule has 0 amide bonds. The first kappa shape index (κ1) is 13.2. The summed E-state index contributed by atoms with van der Waals surface area (Å²) >= 11 is 0. The van der Waals surface area contributed by atoms with Gasteiger partial charge in [-0.15, -0.1) is 0 Å². The largest absolute Gasteiger partial charge is 0.508 e. The number of aryl methyl sites for hydroxylation is 1. The van der Waals surface area contributed by atoms with Gasteiger partial charge in [0.1, 0.15) is 17.6 Å². The molecule has 0 unspecified atom stereocenters. The van der Waals surface area contributed by atoms with E-state index in [1.807, 2.05) is 13.0 Å². The predicted octanol–water partition coefficient (Wildman–Crippen LogP) is 3.12. The zero-order valence-electron chi connectivity index (χ0n) is 11.5. The Morgan fingerprint density at radius 3 is 2.56 bits per heavy atom. The van der Waals surface area contributed by atoms with E-state index >= 15 is 0 Å². The Labute approximate surface area is 108 Å². The van der Waals surface area contributed by atoms with Crippen LogP contribution < -0.4 is 4.74 Å². The molecule has 0 radical (unpaired) electrons. The van der Waals surface area contributed by atoms with Gasteiger partial charge >= 0.3 is 0 Å². The van der Waals surface area contributed by atoms with Crippen molar-refractivity contribution < 1.29 is 14.9 Å². The lowest BCUT2D eigenvalue weighted by atomic mass is 9.91. The minimum Gasteiger partial charge on any atom is -0.508 e. The van der Waals surface area contributed by atoms with Crippen molar-refractivity contribution in [1.29, 1.82) is 0 Å². The first-order chi connectivity index (χ1) is 8.29. The highest BCUT2D eigenvalue weighted by atomic mass is 16.5. The molecule has 1 aromatic carbocycles. The van der Waals surface area contributed by atoms with E-state index in [-0.39, 0.29) is 6.10 Å². The summed E-state index contributed by atoms with van der Waals surface area (Å²) in [6, 6.07) is 3.66. The predicted molar refractivity (Wildman–Crippen MR) is 71.2 cm³/mol. The standard InChI is InChI=1S/C15H22O3/c1-9-5-6-14(15(3,4)17)18-13-7-10(2)12(16)8-11(9)13/h7-9,14,16-17H,5-6H2,1-4H3/t9-,14-/m0/s1. The SMILES string of the molecule is Cc1cc2c(cc1O)[C@@H](C)CC[C@@H](C(C)(C)O)O2. The molecular formula is C15H22O3. The summed E-state index contributed by atoms with van der Waals surface area (Å²) in [4.78, 5) is 0. The van der Waals surface area contributed by atoms with Crippen molar-refractivity contribution in [3.8, 4) is 11.5 Å². The second kappa shape index (κ2) is 4.47. The van der Waals surface area contributed by atoms with Gasteiger partial charge in [-0.3, -0.25) is 0 Å². The molecule has 1 aliphatic heterocycles. The molecule has 18 heavy (non-hydrogen) atoms. The minimum absolute atomic E-state index is 0.204. The fraction of sp³-hybridized carbons (Fsp3) is 0.600. The summed E-state index contributed by atoms with van der Waals surface area (Å²) in [5.74, 6) is 1.44. The van der Waals surface area contributed by atoms with Crippen molar-refractivity contribution in [1.82, 2.24) is 0 Å². The highest BCUT2D eigenvalue weighted by molar-refractivity contribution is 5.47. The Balaban J connectivity index is 2.42. The third kappa shape index (κ3) is 2.46. The summed E-state index contributed by atoms with van der Waals surface area (Å²) in [6.45, 7) is 7.54. The molecule has 0 saturated carbocycles. The van der Waals surface area contributed by atoms with Crippen LogP contribution in [0, 0.1) is 6.92 Å².